The van der Waals surface area contributed by atoms with Crippen LogP contribution < -0.4 is 5.32 Å². The van der Waals surface area contributed by atoms with E-state index >= 15 is 0 Å². The predicted molar refractivity (Wildman–Crippen MR) is 54.5 cm³/mol. The molecule has 1 heterocycles. The standard InChI is InChI=1S/C12H13NO/c14-12-9-4-2-1-3-8(9)11-7-13-6-5-10(11)12/h1-4,10-11,13H,5-7H2. The van der Waals surface area contributed by atoms with Crippen molar-refractivity contribution >= 4 is 5.78 Å². The highest BCUT2D eigenvalue weighted by Gasteiger charge is 2.40. The molecule has 1 aromatic rings. The molecule has 3 rings (SSSR count). The molecule has 2 heteroatoms. The van der Waals surface area contributed by atoms with Gasteiger partial charge in [0.15, 0.2) is 5.78 Å². The van der Waals surface area contributed by atoms with Gasteiger partial charge in [-0.15, -0.1) is 0 Å². The van der Waals surface area contributed by atoms with Crippen molar-refractivity contribution in [2.45, 2.75) is 12.3 Å². The van der Waals surface area contributed by atoms with E-state index in [2.05, 4.69) is 11.4 Å². The normalized spacial score (nSPS) is 29.9. The van der Waals surface area contributed by atoms with E-state index in [-0.39, 0.29) is 5.92 Å². The molecule has 2 nitrogen and oxygen atoms in total. The summed E-state index contributed by atoms with van der Waals surface area (Å²) < 4.78 is 0. The average molecular weight is 187 g/mol. The first-order valence-corrected chi connectivity index (χ1v) is 5.22. The van der Waals surface area contributed by atoms with Gasteiger partial charge in [0.25, 0.3) is 0 Å². The van der Waals surface area contributed by atoms with Crippen LogP contribution in [0.15, 0.2) is 24.3 Å². The first-order valence-electron chi connectivity index (χ1n) is 5.22. The molecular weight excluding hydrogens is 174 g/mol. The van der Waals surface area contributed by atoms with Crippen LogP contribution in [0, 0.1) is 5.92 Å². The number of rotatable bonds is 0. The molecule has 2 unspecified atom stereocenters. The van der Waals surface area contributed by atoms with Crippen LogP contribution in [0.3, 0.4) is 0 Å². The van der Waals surface area contributed by atoms with Crippen LogP contribution >= 0.6 is 0 Å². The average Bonchev–Trinajstić information content (AvgIpc) is 2.55. The molecular formula is C12H13NO. The van der Waals surface area contributed by atoms with Crippen molar-refractivity contribution in [2.75, 3.05) is 13.1 Å². The predicted octanol–water partition coefficient (Wildman–Crippen LogP) is 1.58. The fourth-order valence-electron chi connectivity index (χ4n) is 2.74. The van der Waals surface area contributed by atoms with Crippen molar-refractivity contribution in [1.82, 2.24) is 5.32 Å². The number of nitrogens with one attached hydrogen (secondary N) is 1. The maximum atomic E-state index is 12.0. The molecule has 0 saturated carbocycles. The van der Waals surface area contributed by atoms with Crippen molar-refractivity contribution < 1.29 is 4.79 Å². The van der Waals surface area contributed by atoms with Gasteiger partial charge in [-0.2, -0.15) is 0 Å². The second kappa shape index (κ2) is 2.92. The Morgan fingerprint density at radius 1 is 1.21 bits per heavy atom. The van der Waals surface area contributed by atoms with E-state index < -0.39 is 0 Å². The first kappa shape index (κ1) is 8.18. The smallest absolute Gasteiger partial charge is 0.166 e. The van der Waals surface area contributed by atoms with Crippen LogP contribution in [0.25, 0.3) is 0 Å². The SMILES string of the molecule is O=C1c2ccccc2C2CNCCC12. The summed E-state index contributed by atoms with van der Waals surface area (Å²) in [4.78, 5) is 12.0. The summed E-state index contributed by atoms with van der Waals surface area (Å²) >= 11 is 0. The van der Waals surface area contributed by atoms with E-state index in [1.165, 1.54) is 5.56 Å². The molecule has 14 heavy (non-hydrogen) atoms. The number of hydrogen-bond acceptors (Lipinski definition) is 2. The van der Waals surface area contributed by atoms with E-state index in [0.29, 0.717) is 11.7 Å². The summed E-state index contributed by atoms with van der Waals surface area (Å²) in [6.07, 6.45) is 0.998. The van der Waals surface area contributed by atoms with E-state index in [1.807, 2.05) is 18.2 Å². The van der Waals surface area contributed by atoms with Gasteiger partial charge >= 0.3 is 0 Å². The summed E-state index contributed by atoms with van der Waals surface area (Å²) in [6.45, 7) is 1.95. The number of hydrogen-bond donors (Lipinski definition) is 1. The molecule has 0 radical (unpaired) electrons. The lowest BCUT2D eigenvalue weighted by molar-refractivity contribution is 0.0904. The number of fused-ring (bicyclic) bond motifs is 3. The van der Waals surface area contributed by atoms with E-state index in [9.17, 15) is 4.79 Å². The summed E-state index contributed by atoms with van der Waals surface area (Å²) in [5.41, 5.74) is 2.22. The molecule has 2 aliphatic rings. The Bertz CT molecular complexity index is 386. The van der Waals surface area contributed by atoms with Crippen molar-refractivity contribution in [3.8, 4) is 0 Å². The Balaban J connectivity index is 2.11. The van der Waals surface area contributed by atoms with Gasteiger partial charge in [-0.3, -0.25) is 4.79 Å². The molecule has 0 amide bonds. The number of piperidine rings is 1. The molecule has 1 aliphatic carbocycles. The van der Waals surface area contributed by atoms with Gasteiger partial charge in [0.05, 0.1) is 0 Å². The minimum Gasteiger partial charge on any atom is -0.316 e. The maximum Gasteiger partial charge on any atom is 0.166 e. The minimum atomic E-state index is 0.258. The molecule has 1 aromatic carbocycles. The topological polar surface area (TPSA) is 29.1 Å². The number of ketones is 1. The maximum absolute atomic E-state index is 12.0. The third kappa shape index (κ3) is 0.976. The Hall–Kier alpha value is -1.15. The highest BCUT2D eigenvalue weighted by molar-refractivity contribution is 6.03. The molecule has 0 spiro atoms. The van der Waals surface area contributed by atoms with Crippen LogP contribution in [0.1, 0.15) is 28.3 Å². The van der Waals surface area contributed by atoms with Crippen molar-refractivity contribution in [3.63, 3.8) is 0 Å². The molecule has 0 aromatic heterocycles. The zero-order valence-electron chi connectivity index (χ0n) is 7.99. The fourth-order valence-corrected chi connectivity index (χ4v) is 2.74. The molecule has 1 aliphatic heterocycles. The summed E-state index contributed by atoms with van der Waals surface area (Å²) in [7, 11) is 0. The zero-order chi connectivity index (χ0) is 9.54. The van der Waals surface area contributed by atoms with Crippen LogP contribution in [-0.4, -0.2) is 18.9 Å². The van der Waals surface area contributed by atoms with Gasteiger partial charge in [0.1, 0.15) is 0 Å². The van der Waals surface area contributed by atoms with Gasteiger partial charge < -0.3 is 5.32 Å². The molecule has 2 atom stereocenters. The summed E-state index contributed by atoms with van der Waals surface area (Å²) in [5.74, 6) is 1.06. The quantitative estimate of drug-likeness (QED) is 0.668. The second-order valence-corrected chi connectivity index (χ2v) is 4.16. The second-order valence-electron chi connectivity index (χ2n) is 4.16. The molecule has 1 fully saturated rings. The lowest BCUT2D eigenvalue weighted by atomic mass is 9.87. The third-order valence-electron chi connectivity index (χ3n) is 3.44. The van der Waals surface area contributed by atoms with Crippen molar-refractivity contribution in [2.24, 2.45) is 5.92 Å². The summed E-state index contributed by atoms with van der Waals surface area (Å²) in [5, 5.41) is 3.37. The summed E-state index contributed by atoms with van der Waals surface area (Å²) in [6, 6.07) is 8.06. The van der Waals surface area contributed by atoms with E-state index in [0.717, 1.165) is 25.1 Å². The van der Waals surface area contributed by atoms with Gasteiger partial charge in [-0.25, -0.2) is 0 Å². The zero-order valence-corrected chi connectivity index (χ0v) is 7.99. The van der Waals surface area contributed by atoms with Gasteiger partial charge in [0, 0.05) is 23.9 Å². The highest BCUT2D eigenvalue weighted by atomic mass is 16.1. The molecule has 1 saturated heterocycles. The molecule has 0 bridgehead atoms. The number of Topliss-reactive ketones (excluding diaryl/α,β-unsaturated/α-hetero) is 1. The number of carbonyl (C=O) groups is 1. The van der Waals surface area contributed by atoms with Crippen LogP contribution in [0.5, 0.6) is 0 Å². The lowest BCUT2D eigenvalue weighted by Crippen LogP contribution is -2.34. The van der Waals surface area contributed by atoms with E-state index in [4.69, 9.17) is 0 Å². The Labute approximate surface area is 83.3 Å². The number of carbonyl (C=O) groups excluding carboxylic acids is 1. The van der Waals surface area contributed by atoms with E-state index in [1.54, 1.807) is 0 Å². The Morgan fingerprint density at radius 3 is 3.00 bits per heavy atom. The Kier molecular flexibility index (Phi) is 1.71. The van der Waals surface area contributed by atoms with Crippen LogP contribution in [-0.2, 0) is 0 Å². The molecule has 1 N–H and O–H groups in total. The molecule has 72 valence electrons. The van der Waals surface area contributed by atoms with Gasteiger partial charge in [-0.1, -0.05) is 24.3 Å². The number of benzene rings is 1. The lowest BCUT2D eigenvalue weighted by Gasteiger charge is -2.25. The van der Waals surface area contributed by atoms with Crippen molar-refractivity contribution in [3.05, 3.63) is 35.4 Å². The highest BCUT2D eigenvalue weighted by Crippen LogP contribution is 2.40. The van der Waals surface area contributed by atoms with Gasteiger partial charge in [-0.05, 0) is 18.5 Å². The van der Waals surface area contributed by atoms with Crippen LogP contribution in [0.2, 0.25) is 0 Å². The Morgan fingerprint density at radius 2 is 2.07 bits per heavy atom. The van der Waals surface area contributed by atoms with Gasteiger partial charge in [0.2, 0.25) is 0 Å². The first-order chi connectivity index (χ1) is 6.88. The largest absolute Gasteiger partial charge is 0.316 e. The monoisotopic (exact) mass is 187 g/mol. The fraction of sp³-hybridized carbons (Fsp3) is 0.417. The van der Waals surface area contributed by atoms with Crippen molar-refractivity contribution in [1.29, 1.82) is 0 Å². The third-order valence-corrected chi connectivity index (χ3v) is 3.44. The van der Waals surface area contributed by atoms with Crippen LogP contribution in [0.4, 0.5) is 0 Å². The minimum absolute atomic E-state index is 0.258.